The van der Waals surface area contributed by atoms with Crippen molar-refractivity contribution < 1.29 is 33.0 Å². The minimum Gasteiger partial charge on any atom is -0.609 e. The minimum atomic E-state index is -1.25. The molecule has 1 heterocycles. The molecule has 0 radical (unpaired) electrons. The summed E-state index contributed by atoms with van der Waals surface area (Å²) in [5.74, 6) is 2.14. The Labute approximate surface area is 185 Å². The van der Waals surface area contributed by atoms with Crippen LogP contribution < -0.4 is 23.7 Å². The largest absolute Gasteiger partial charge is 0.609 e. The summed E-state index contributed by atoms with van der Waals surface area (Å²) < 4.78 is 39.4. The predicted molar refractivity (Wildman–Crippen MR) is 118 cm³/mol. The second kappa shape index (κ2) is 10.5. The first-order valence-corrected chi connectivity index (χ1v) is 11.2. The highest BCUT2D eigenvalue weighted by atomic mass is 32.2. The van der Waals surface area contributed by atoms with E-state index in [9.17, 15) is 9.35 Å². The van der Waals surface area contributed by atoms with Gasteiger partial charge in [-0.2, -0.15) is 0 Å². The van der Waals surface area contributed by atoms with E-state index < -0.39 is 11.2 Å². The molecule has 1 unspecified atom stereocenters. The number of hydrogen-bond acceptors (Lipinski definition) is 7. The maximum Gasteiger partial charge on any atom is 0.250 e. The molecule has 0 aliphatic carbocycles. The Morgan fingerprint density at radius 3 is 2.42 bits per heavy atom. The van der Waals surface area contributed by atoms with Crippen LogP contribution in [0.4, 0.5) is 0 Å². The molecule has 1 atom stereocenters. The lowest BCUT2D eigenvalue weighted by Gasteiger charge is -2.13. The van der Waals surface area contributed by atoms with Crippen LogP contribution in [0.25, 0.3) is 6.08 Å². The fourth-order valence-electron chi connectivity index (χ4n) is 3.11. The van der Waals surface area contributed by atoms with Gasteiger partial charge in [-0.1, -0.05) is 19.4 Å². The number of hydrogen-bond donors (Lipinski definition) is 0. The van der Waals surface area contributed by atoms with Gasteiger partial charge in [-0.15, -0.1) is 0 Å². The summed E-state index contributed by atoms with van der Waals surface area (Å²) in [7, 11) is 4.59. The molecule has 1 aliphatic heterocycles. The lowest BCUT2D eigenvalue weighted by Crippen LogP contribution is -2.05. The molecular weight excluding hydrogens is 420 g/mol. The van der Waals surface area contributed by atoms with E-state index in [1.165, 1.54) is 27.4 Å². The Hall–Kier alpha value is -2.84. The van der Waals surface area contributed by atoms with Gasteiger partial charge in [0.1, 0.15) is 5.75 Å². The number of methoxy groups -OCH3 is 3. The number of ketones is 1. The van der Waals surface area contributed by atoms with Gasteiger partial charge in [-0.05, 0) is 30.2 Å². The van der Waals surface area contributed by atoms with E-state index in [4.69, 9.17) is 23.7 Å². The van der Waals surface area contributed by atoms with E-state index in [0.717, 1.165) is 12.8 Å². The average molecular weight is 447 g/mol. The lowest BCUT2D eigenvalue weighted by molar-refractivity contribution is 0.104. The zero-order valence-corrected chi connectivity index (χ0v) is 18.9. The van der Waals surface area contributed by atoms with Gasteiger partial charge in [0.2, 0.25) is 10.6 Å². The first kappa shape index (κ1) is 22.8. The molecule has 0 N–H and O–H groups in total. The van der Waals surface area contributed by atoms with Crippen LogP contribution >= 0.6 is 0 Å². The lowest BCUT2D eigenvalue weighted by atomic mass is 10.1. The van der Waals surface area contributed by atoms with E-state index >= 15 is 0 Å². The van der Waals surface area contributed by atoms with Gasteiger partial charge < -0.3 is 28.2 Å². The van der Waals surface area contributed by atoms with E-state index in [1.807, 2.05) is 0 Å². The number of fused-ring (bicyclic) bond motifs is 1. The standard InChI is InChI=1S/C23H26O7S/c1-5-6-9-29-18-13-22-19(30-14-31(22)25)12-16(18)17(24)8-7-15-10-20(26-2)23(28-4)21(11-15)27-3/h7-8,10-13H,5-6,9,14H2,1-4H3. The maximum absolute atomic E-state index is 13.0. The third kappa shape index (κ3) is 5.08. The van der Waals surface area contributed by atoms with Crippen molar-refractivity contribution >= 4 is 23.0 Å². The quantitative estimate of drug-likeness (QED) is 0.233. The summed E-state index contributed by atoms with van der Waals surface area (Å²) in [5, 5.41) is 0. The second-order valence-electron chi connectivity index (χ2n) is 6.76. The monoisotopic (exact) mass is 446 g/mol. The van der Waals surface area contributed by atoms with Crippen LogP contribution in [-0.2, 0) is 11.2 Å². The summed E-state index contributed by atoms with van der Waals surface area (Å²) in [4.78, 5) is 13.6. The highest BCUT2D eigenvalue weighted by Crippen LogP contribution is 2.39. The predicted octanol–water partition coefficient (Wildman–Crippen LogP) is 4.24. The molecular formula is C23H26O7S. The van der Waals surface area contributed by atoms with Gasteiger partial charge in [0.25, 0.3) is 5.94 Å². The molecule has 1 aliphatic rings. The smallest absolute Gasteiger partial charge is 0.250 e. The number of benzene rings is 2. The van der Waals surface area contributed by atoms with Crippen molar-refractivity contribution in [1.82, 2.24) is 0 Å². The number of ether oxygens (including phenoxy) is 5. The van der Waals surface area contributed by atoms with Crippen molar-refractivity contribution in [3.8, 4) is 28.7 Å². The zero-order chi connectivity index (χ0) is 22.4. The average Bonchev–Trinajstić information content (AvgIpc) is 3.15. The Balaban J connectivity index is 1.91. The Bertz CT molecular complexity index is 946. The number of unbranched alkanes of at least 4 members (excludes halogenated alkanes) is 1. The number of rotatable bonds is 10. The molecule has 166 valence electrons. The van der Waals surface area contributed by atoms with Crippen molar-refractivity contribution in [2.24, 2.45) is 0 Å². The molecule has 3 rings (SSSR count). The van der Waals surface area contributed by atoms with Gasteiger partial charge in [0.15, 0.2) is 23.0 Å². The Morgan fingerprint density at radius 2 is 1.81 bits per heavy atom. The van der Waals surface area contributed by atoms with Crippen LogP contribution in [0.3, 0.4) is 0 Å². The highest BCUT2D eigenvalue weighted by Gasteiger charge is 2.30. The van der Waals surface area contributed by atoms with Crippen LogP contribution in [0.5, 0.6) is 28.7 Å². The molecule has 31 heavy (non-hydrogen) atoms. The Kier molecular flexibility index (Phi) is 7.70. The summed E-state index contributed by atoms with van der Waals surface area (Å²) in [6.07, 6.45) is 4.92. The first-order valence-electron chi connectivity index (χ1n) is 9.86. The molecule has 8 heteroatoms. The molecule has 0 saturated carbocycles. The number of allylic oxidation sites excluding steroid dienone is 1. The zero-order valence-electron chi connectivity index (χ0n) is 18.1. The summed E-state index contributed by atoms with van der Waals surface area (Å²) in [6.45, 7) is 2.53. The first-order chi connectivity index (χ1) is 15.0. The molecule has 2 aromatic rings. The summed E-state index contributed by atoms with van der Waals surface area (Å²) in [5.41, 5.74) is 1.06. The van der Waals surface area contributed by atoms with Crippen molar-refractivity contribution in [3.05, 3.63) is 41.5 Å². The molecule has 2 aromatic carbocycles. The van der Waals surface area contributed by atoms with E-state index in [-0.39, 0.29) is 11.7 Å². The van der Waals surface area contributed by atoms with E-state index in [0.29, 0.717) is 51.4 Å². The SMILES string of the molecule is CCCCOc1cc2c(cc1C(=O)C=Cc1cc(OC)c(OC)c(OC)c1)OC[S+]2[O-]. The highest BCUT2D eigenvalue weighted by molar-refractivity contribution is 7.91. The third-order valence-electron chi connectivity index (χ3n) is 4.75. The molecule has 0 fully saturated rings. The van der Waals surface area contributed by atoms with Crippen molar-refractivity contribution in [1.29, 1.82) is 0 Å². The maximum atomic E-state index is 13.0. The van der Waals surface area contributed by atoms with Gasteiger partial charge in [0.05, 0.1) is 33.5 Å². The van der Waals surface area contributed by atoms with Gasteiger partial charge in [-0.3, -0.25) is 4.79 Å². The Morgan fingerprint density at radius 1 is 1.10 bits per heavy atom. The number of carbonyl (C=O) groups excluding carboxylic acids is 1. The topological polar surface area (TPSA) is 86.3 Å². The summed E-state index contributed by atoms with van der Waals surface area (Å²) in [6, 6.07) is 6.75. The molecule has 0 amide bonds. The normalized spacial score (nSPS) is 14.8. The van der Waals surface area contributed by atoms with Crippen LogP contribution in [0, 0.1) is 0 Å². The second-order valence-corrected chi connectivity index (χ2v) is 8.13. The minimum absolute atomic E-state index is 0.0860. The van der Waals surface area contributed by atoms with Gasteiger partial charge in [-0.25, -0.2) is 0 Å². The third-order valence-corrected chi connectivity index (χ3v) is 5.89. The van der Waals surface area contributed by atoms with Crippen LogP contribution in [0.15, 0.2) is 35.2 Å². The van der Waals surface area contributed by atoms with E-state index in [2.05, 4.69) is 6.92 Å². The summed E-state index contributed by atoms with van der Waals surface area (Å²) >= 11 is -1.25. The molecule has 0 spiro atoms. The van der Waals surface area contributed by atoms with Gasteiger partial charge in [0, 0.05) is 23.3 Å². The van der Waals surface area contributed by atoms with Crippen molar-refractivity contribution in [2.45, 2.75) is 24.7 Å². The molecule has 0 bridgehead atoms. The molecule has 7 nitrogen and oxygen atoms in total. The van der Waals surface area contributed by atoms with Crippen molar-refractivity contribution in [2.75, 3.05) is 33.9 Å². The molecule has 0 aromatic heterocycles. The van der Waals surface area contributed by atoms with Crippen LogP contribution in [0.2, 0.25) is 0 Å². The van der Waals surface area contributed by atoms with Gasteiger partial charge >= 0.3 is 0 Å². The van der Waals surface area contributed by atoms with Crippen LogP contribution in [0.1, 0.15) is 35.7 Å². The molecule has 0 saturated heterocycles. The van der Waals surface area contributed by atoms with E-state index in [1.54, 1.807) is 30.3 Å². The number of carbonyl (C=O) groups is 1. The van der Waals surface area contributed by atoms with Crippen LogP contribution in [-0.4, -0.2) is 44.2 Å². The fourth-order valence-corrected chi connectivity index (χ4v) is 4.05. The fraction of sp³-hybridized carbons (Fsp3) is 0.348. The van der Waals surface area contributed by atoms with Crippen molar-refractivity contribution in [3.63, 3.8) is 0 Å².